The van der Waals surface area contributed by atoms with Crippen molar-refractivity contribution in [2.24, 2.45) is 22.7 Å². The molecule has 0 amide bonds. The van der Waals surface area contributed by atoms with Crippen molar-refractivity contribution in [1.29, 1.82) is 0 Å². The van der Waals surface area contributed by atoms with E-state index in [0.29, 0.717) is 35.9 Å². The van der Waals surface area contributed by atoms with Crippen LogP contribution in [0.1, 0.15) is 81.1 Å². The van der Waals surface area contributed by atoms with Gasteiger partial charge in [0.15, 0.2) is 0 Å². The Morgan fingerprint density at radius 3 is 1.36 bits per heavy atom. The Kier molecular flexibility index (Phi) is 10.4. The van der Waals surface area contributed by atoms with E-state index in [4.69, 9.17) is 9.05 Å². The highest BCUT2D eigenvalue weighted by Gasteiger charge is 2.17. The molecule has 0 rings (SSSR count). The van der Waals surface area contributed by atoms with Gasteiger partial charge in [-0.15, -0.1) is 0 Å². The van der Waals surface area contributed by atoms with E-state index in [2.05, 4.69) is 55.4 Å². The van der Waals surface area contributed by atoms with Crippen LogP contribution < -0.4 is 0 Å². The average molecular weight is 334 g/mol. The van der Waals surface area contributed by atoms with Crippen molar-refractivity contribution in [2.45, 2.75) is 81.1 Å². The van der Waals surface area contributed by atoms with E-state index in [1.165, 1.54) is 12.8 Å². The van der Waals surface area contributed by atoms with Gasteiger partial charge in [-0.2, -0.15) is 0 Å². The second-order valence-electron chi connectivity index (χ2n) is 9.22. The summed E-state index contributed by atoms with van der Waals surface area (Å²) in [6.45, 7) is 19.2. The molecule has 0 saturated heterocycles. The second kappa shape index (κ2) is 10.2. The number of hydrogen-bond acceptors (Lipinski definition) is 3. The van der Waals surface area contributed by atoms with E-state index in [0.717, 1.165) is 12.8 Å². The smallest absolute Gasteiger partial charge is 0.328 e. The fourth-order valence-corrected chi connectivity index (χ4v) is 3.59. The van der Waals surface area contributed by atoms with E-state index in [9.17, 15) is 4.89 Å². The quantitative estimate of drug-likeness (QED) is 0.486. The van der Waals surface area contributed by atoms with Gasteiger partial charge in [-0.25, -0.2) is 0 Å². The highest BCUT2D eigenvalue weighted by molar-refractivity contribution is 7.40. The van der Waals surface area contributed by atoms with Crippen LogP contribution in [0.25, 0.3) is 0 Å². The molecular weight excluding hydrogens is 295 g/mol. The SMILES string of the molecule is C[C@H](CCOP(O)OCC[C@@H](C)CC(C)(C)C)CC(C)(C)C. The van der Waals surface area contributed by atoms with Gasteiger partial charge in [0, 0.05) is 0 Å². The molecule has 22 heavy (non-hydrogen) atoms. The maximum Gasteiger partial charge on any atom is 0.329 e. The molecule has 0 saturated carbocycles. The molecule has 0 aliphatic heterocycles. The molecule has 0 aliphatic rings. The summed E-state index contributed by atoms with van der Waals surface area (Å²) in [4.78, 5) is 9.76. The van der Waals surface area contributed by atoms with E-state index < -0.39 is 8.60 Å². The molecular formula is C18H39O3P. The highest BCUT2D eigenvalue weighted by atomic mass is 31.2. The van der Waals surface area contributed by atoms with Gasteiger partial charge in [-0.3, -0.25) is 0 Å². The Balaban J connectivity index is 3.68. The standard InChI is InChI=1S/C18H39O3P/c1-15(13-17(3,4)5)9-11-20-22(19)21-12-10-16(2)14-18(6,7)8/h15-16,19H,9-14H2,1-8H3/t15-,16-/m1/s1. The van der Waals surface area contributed by atoms with E-state index >= 15 is 0 Å². The van der Waals surface area contributed by atoms with Crippen LogP contribution >= 0.6 is 8.60 Å². The van der Waals surface area contributed by atoms with Crippen molar-refractivity contribution in [1.82, 2.24) is 0 Å². The number of hydrogen-bond donors (Lipinski definition) is 1. The summed E-state index contributed by atoms with van der Waals surface area (Å²) in [5, 5.41) is 0. The molecule has 0 aromatic carbocycles. The van der Waals surface area contributed by atoms with Gasteiger partial charge in [-0.05, 0) is 48.3 Å². The third-order valence-corrected chi connectivity index (χ3v) is 4.35. The van der Waals surface area contributed by atoms with Gasteiger partial charge in [0.05, 0.1) is 13.2 Å². The maximum atomic E-state index is 9.76. The van der Waals surface area contributed by atoms with Gasteiger partial charge in [0.1, 0.15) is 0 Å². The zero-order chi connectivity index (χ0) is 17.4. The molecule has 134 valence electrons. The lowest BCUT2D eigenvalue weighted by Crippen LogP contribution is -2.13. The van der Waals surface area contributed by atoms with E-state index in [-0.39, 0.29) is 0 Å². The molecule has 1 N–H and O–H groups in total. The van der Waals surface area contributed by atoms with Crippen molar-refractivity contribution in [3.05, 3.63) is 0 Å². The van der Waals surface area contributed by atoms with Crippen molar-refractivity contribution in [2.75, 3.05) is 13.2 Å². The van der Waals surface area contributed by atoms with Crippen LogP contribution in [-0.2, 0) is 9.05 Å². The zero-order valence-corrected chi connectivity index (χ0v) is 17.0. The monoisotopic (exact) mass is 334 g/mol. The molecule has 0 radical (unpaired) electrons. The van der Waals surface area contributed by atoms with Crippen molar-refractivity contribution in [3.8, 4) is 0 Å². The van der Waals surface area contributed by atoms with Crippen LogP contribution in [0.5, 0.6) is 0 Å². The molecule has 0 aromatic heterocycles. The predicted octanol–water partition coefficient (Wildman–Crippen LogP) is 6.16. The molecule has 3 nitrogen and oxygen atoms in total. The van der Waals surface area contributed by atoms with Crippen molar-refractivity contribution in [3.63, 3.8) is 0 Å². The third kappa shape index (κ3) is 15.2. The number of rotatable bonds is 10. The largest absolute Gasteiger partial charge is 0.329 e. The Labute approximate surface area is 140 Å². The topological polar surface area (TPSA) is 38.7 Å². The molecule has 0 aromatic rings. The molecule has 2 atom stereocenters. The Morgan fingerprint density at radius 2 is 1.09 bits per heavy atom. The minimum atomic E-state index is -1.71. The first-order valence-corrected chi connectivity index (χ1v) is 9.77. The third-order valence-electron chi connectivity index (χ3n) is 3.55. The summed E-state index contributed by atoms with van der Waals surface area (Å²) in [6, 6.07) is 0. The summed E-state index contributed by atoms with van der Waals surface area (Å²) in [7, 11) is -1.71. The summed E-state index contributed by atoms with van der Waals surface area (Å²) < 4.78 is 10.8. The molecule has 0 aliphatic carbocycles. The van der Waals surface area contributed by atoms with Crippen molar-refractivity contribution >= 4 is 8.60 Å². The molecule has 0 fully saturated rings. The second-order valence-corrected chi connectivity index (χ2v) is 10.2. The van der Waals surface area contributed by atoms with Gasteiger partial charge in [0.2, 0.25) is 0 Å². The fraction of sp³-hybridized carbons (Fsp3) is 1.00. The molecule has 0 heterocycles. The summed E-state index contributed by atoms with van der Waals surface area (Å²) in [5.74, 6) is 1.21. The Bertz CT molecular complexity index is 253. The van der Waals surface area contributed by atoms with Crippen LogP contribution in [0.15, 0.2) is 0 Å². The van der Waals surface area contributed by atoms with Crippen LogP contribution in [0.2, 0.25) is 0 Å². The lowest BCUT2D eigenvalue weighted by molar-refractivity contribution is 0.170. The molecule has 0 spiro atoms. The summed E-state index contributed by atoms with van der Waals surface area (Å²) in [5.41, 5.74) is 0.701. The van der Waals surface area contributed by atoms with Crippen LogP contribution in [0.3, 0.4) is 0 Å². The van der Waals surface area contributed by atoms with Gasteiger partial charge in [0.25, 0.3) is 0 Å². The molecule has 0 unspecified atom stereocenters. The Hall–Kier alpha value is 0.310. The zero-order valence-electron chi connectivity index (χ0n) is 16.1. The van der Waals surface area contributed by atoms with Crippen LogP contribution in [-0.4, -0.2) is 18.1 Å². The average Bonchev–Trinajstić information content (AvgIpc) is 2.23. The predicted molar refractivity (Wildman–Crippen MR) is 96.7 cm³/mol. The molecule has 0 bridgehead atoms. The lowest BCUT2D eigenvalue weighted by atomic mass is 9.84. The van der Waals surface area contributed by atoms with Crippen molar-refractivity contribution < 1.29 is 13.9 Å². The molecule has 4 heteroatoms. The van der Waals surface area contributed by atoms with Crippen LogP contribution in [0.4, 0.5) is 0 Å². The minimum Gasteiger partial charge on any atom is -0.328 e. The normalized spacial score (nSPS) is 16.1. The van der Waals surface area contributed by atoms with E-state index in [1.807, 2.05) is 0 Å². The summed E-state index contributed by atoms with van der Waals surface area (Å²) >= 11 is 0. The first kappa shape index (κ1) is 22.3. The maximum absolute atomic E-state index is 9.76. The fourth-order valence-electron chi connectivity index (χ4n) is 3.00. The van der Waals surface area contributed by atoms with Gasteiger partial charge in [-0.1, -0.05) is 55.4 Å². The van der Waals surface area contributed by atoms with Gasteiger partial charge >= 0.3 is 8.60 Å². The summed E-state index contributed by atoms with van der Waals surface area (Å²) in [6.07, 6.45) is 4.29. The van der Waals surface area contributed by atoms with E-state index in [1.54, 1.807) is 0 Å². The first-order chi connectivity index (χ1) is 9.89. The highest BCUT2D eigenvalue weighted by Crippen LogP contribution is 2.35. The minimum absolute atomic E-state index is 0.350. The first-order valence-electron chi connectivity index (χ1n) is 8.64. The Morgan fingerprint density at radius 1 is 0.773 bits per heavy atom. The van der Waals surface area contributed by atoms with Crippen LogP contribution in [0, 0.1) is 22.7 Å². The lowest BCUT2D eigenvalue weighted by Gasteiger charge is -2.24. The van der Waals surface area contributed by atoms with Gasteiger partial charge < -0.3 is 13.9 Å².